The first-order chi connectivity index (χ1) is 12.2. The fourth-order valence-corrected chi connectivity index (χ4v) is 4.17. The number of pyridine rings is 1. The zero-order valence-corrected chi connectivity index (χ0v) is 15.0. The largest absolute Gasteiger partial charge is 0.375 e. The zero-order chi connectivity index (χ0) is 17.3. The van der Waals surface area contributed by atoms with Gasteiger partial charge in [0, 0.05) is 35.9 Å². The van der Waals surface area contributed by atoms with Crippen LogP contribution in [0.2, 0.25) is 0 Å². The zero-order valence-electron chi connectivity index (χ0n) is 14.2. The maximum atomic E-state index is 12.5. The number of rotatable bonds is 5. The average Bonchev–Trinajstić information content (AvgIpc) is 3.20. The summed E-state index contributed by atoms with van der Waals surface area (Å²) in [6.45, 7) is 5.19. The second-order valence-corrected chi connectivity index (χ2v) is 7.73. The quantitative estimate of drug-likeness (QED) is 0.820. The van der Waals surface area contributed by atoms with Gasteiger partial charge in [0.2, 0.25) is 0 Å². The number of aromatic nitrogens is 2. The molecular formula is C18H21N3O3S. The Morgan fingerprint density at radius 3 is 2.96 bits per heavy atom. The summed E-state index contributed by atoms with van der Waals surface area (Å²) in [6.07, 6.45) is 4.27. The van der Waals surface area contributed by atoms with E-state index in [9.17, 15) is 4.79 Å². The summed E-state index contributed by atoms with van der Waals surface area (Å²) in [5.41, 5.74) is 1.42. The summed E-state index contributed by atoms with van der Waals surface area (Å²) in [5, 5.41) is 3.10. The molecule has 1 atom stereocenters. The van der Waals surface area contributed by atoms with Gasteiger partial charge in [-0.25, -0.2) is 4.98 Å². The van der Waals surface area contributed by atoms with Crippen molar-refractivity contribution in [1.82, 2.24) is 14.9 Å². The first-order valence-corrected chi connectivity index (χ1v) is 9.36. The number of hydrogen-bond acceptors (Lipinski definition) is 6. The standard InChI is InChI=1S/C18H21N3O3S/c1-13-20-16(10-25-13)9-23-8-15-4-7-24-18(15)11-21(12-18)17(22)14-2-5-19-6-3-14/h2-3,5-6,10,15H,4,7-9,11-12H2,1H3. The van der Waals surface area contributed by atoms with Crippen molar-refractivity contribution in [2.24, 2.45) is 5.92 Å². The SMILES string of the molecule is Cc1nc(COCC2CCOC23CN(C(=O)c2ccncc2)C3)cs1. The molecule has 2 aromatic heterocycles. The predicted octanol–water partition coefficient (Wildman–Crippen LogP) is 2.29. The fraction of sp³-hybridized carbons (Fsp3) is 0.500. The van der Waals surface area contributed by atoms with Gasteiger partial charge in [-0.05, 0) is 25.5 Å². The normalized spacial score (nSPS) is 21.5. The molecule has 2 aromatic rings. The number of ether oxygens (including phenoxy) is 2. The van der Waals surface area contributed by atoms with E-state index >= 15 is 0 Å². The van der Waals surface area contributed by atoms with Crippen LogP contribution in [0.5, 0.6) is 0 Å². The number of carbonyl (C=O) groups is 1. The molecule has 2 aliphatic heterocycles. The Hall–Kier alpha value is -1.83. The van der Waals surface area contributed by atoms with Crippen molar-refractivity contribution in [2.45, 2.75) is 25.6 Å². The predicted molar refractivity (Wildman–Crippen MR) is 93.4 cm³/mol. The highest BCUT2D eigenvalue weighted by atomic mass is 32.1. The van der Waals surface area contributed by atoms with Crippen LogP contribution in [0.4, 0.5) is 0 Å². The van der Waals surface area contributed by atoms with Gasteiger partial charge in [-0.3, -0.25) is 9.78 Å². The molecular weight excluding hydrogens is 338 g/mol. The lowest BCUT2D eigenvalue weighted by Gasteiger charge is -2.50. The van der Waals surface area contributed by atoms with E-state index in [-0.39, 0.29) is 11.5 Å². The average molecular weight is 359 g/mol. The summed E-state index contributed by atoms with van der Waals surface area (Å²) in [5.74, 6) is 0.370. The van der Waals surface area contributed by atoms with E-state index < -0.39 is 0 Å². The van der Waals surface area contributed by atoms with Gasteiger partial charge in [0.05, 0.1) is 37.0 Å². The van der Waals surface area contributed by atoms with Gasteiger partial charge in [0.1, 0.15) is 5.60 Å². The lowest BCUT2D eigenvalue weighted by atomic mass is 9.81. The summed E-state index contributed by atoms with van der Waals surface area (Å²) in [6, 6.07) is 3.50. The highest BCUT2D eigenvalue weighted by Crippen LogP contribution is 2.40. The van der Waals surface area contributed by atoms with Crippen LogP contribution in [0.3, 0.4) is 0 Å². The Kier molecular flexibility index (Phi) is 4.54. The van der Waals surface area contributed by atoms with E-state index in [2.05, 4.69) is 9.97 Å². The number of likely N-dealkylation sites (tertiary alicyclic amines) is 1. The van der Waals surface area contributed by atoms with Gasteiger partial charge in [-0.2, -0.15) is 0 Å². The molecule has 0 aromatic carbocycles. The van der Waals surface area contributed by atoms with Crippen LogP contribution in [0.15, 0.2) is 29.9 Å². The van der Waals surface area contributed by atoms with Crippen molar-refractivity contribution in [3.63, 3.8) is 0 Å². The van der Waals surface area contributed by atoms with Crippen LogP contribution in [0.1, 0.15) is 27.5 Å². The highest BCUT2D eigenvalue weighted by Gasteiger charge is 2.54. The number of aryl methyl sites for hydroxylation is 1. The summed E-state index contributed by atoms with van der Waals surface area (Å²) >= 11 is 1.64. The molecule has 0 N–H and O–H groups in total. The van der Waals surface area contributed by atoms with Crippen molar-refractivity contribution >= 4 is 17.2 Å². The maximum absolute atomic E-state index is 12.5. The van der Waals surface area contributed by atoms with Crippen LogP contribution in [0, 0.1) is 12.8 Å². The van der Waals surface area contributed by atoms with E-state index in [1.54, 1.807) is 35.9 Å². The molecule has 4 rings (SSSR count). The molecule has 0 radical (unpaired) electrons. The third-order valence-corrected chi connectivity index (χ3v) is 5.79. The molecule has 0 aliphatic carbocycles. The van der Waals surface area contributed by atoms with Crippen molar-refractivity contribution in [2.75, 3.05) is 26.3 Å². The molecule has 1 amide bonds. The molecule has 6 nitrogen and oxygen atoms in total. The van der Waals surface area contributed by atoms with Gasteiger partial charge in [-0.15, -0.1) is 11.3 Å². The van der Waals surface area contributed by atoms with Crippen LogP contribution in [-0.2, 0) is 16.1 Å². The third kappa shape index (κ3) is 3.31. The van der Waals surface area contributed by atoms with E-state index in [1.807, 2.05) is 17.2 Å². The minimum Gasteiger partial charge on any atom is -0.375 e. The number of thiazole rings is 1. The molecule has 1 spiro atoms. The Morgan fingerprint density at radius 1 is 1.44 bits per heavy atom. The van der Waals surface area contributed by atoms with Gasteiger partial charge < -0.3 is 14.4 Å². The number of hydrogen-bond donors (Lipinski definition) is 0. The minimum atomic E-state index is -0.235. The molecule has 2 aliphatic rings. The lowest BCUT2D eigenvalue weighted by molar-refractivity contribution is -0.129. The van der Waals surface area contributed by atoms with Crippen LogP contribution in [0.25, 0.3) is 0 Å². The van der Waals surface area contributed by atoms with Crippen LogP contribution in [-0.4, -0.2) is 52.7 Å². The van der Waals surface area contributed by atoms with E-state index in [4.69, 9.17) is 9.47 Å². The first kappa shape index (κ1) is 16.6. The number of carbonyl (C=O) groups excluding carboxylic acids is 1. The second kappa shape index (κ2) is 6.82. The van der Waals surface area contributed by atoms with Crippen LogP contribution >= 0.6 is 11.3 Å². The molecule has 0 saturated carbocycles. The van der Waals surface area contributed by atoms with Gasteiger partial charge in [0.25, 0.3) is 5.91 Å². The van der Waals surface area contributed by atoms with Crippen molar-refractivity contribution in [3.05, 3.63) is 46.2 Å². The smallest absolute Gasteiger partial charge is 0.254 e. The second-order valence-electron chi connectivity index (χ2n) is 6.67. The van der Waals surface area contributed by atoms with E-state index in [0.29, 0.717) is 37.8 Å². The summed E-state index contributed by atoms with van der Waals surface area (Å²) in [4.78, 5) is 22.7. The monoisotopic (exact) mass is 359 g/mol. The number of nitrogens with zero attached hydrogens (tertiary/aromatic N) is 3. The Morgan fingerprint density at radius 2 is 2.24 bits per heavy atom. The topological polar surface area (TPSA) is 64.6 Å². The maximum Gasteiger partial charge on any atom is 0.254 e. The molecule has 7 heteroatoms. The Balaban J connectivity index is 1.31. The molecule has 2 saturated heterocycles. The molecule has 1 unspecified atom stereocenters. The molecule has 4 heterocycles. The van der Waals surface area contributed by atoms with E-state index in [1.165, 1.54) is 0 Å². The third-order valence-electron chi connectivity index (χ3n) is 4.97. The highest BCUT2D eigenvalue weighted by molar-refractivity contribution is 7.09. The number of amides is 1. The molecule has 2 fully saturated rings. The Labute approximate surface area is 150 Å². The molecule has 0 bridgehead atoms. The first-order valence-electron chi connectivity index (χ1n) is 8.48. The van der Waals surface area contributed by atoms with Crippen LogP contribution < -0.4 is 0 Å². The van der Waals surface area contributed by atoms with Crippen molar-refractivity contribution < 1.29 is 14.3 Å². The minimum absolute atomic E-state index is 0.0427. The van der Waals surface area contributed by atoms with Gasteiger partial charge in [0.15, 0.2) is 0 Å². The Bertz CT molecular complexity index is 743. The van der Waals surface area contributed by atoms with E-state index in [0.717, 1.165) is 23.7 Å². The lowest BCUT2D eigenvalue weighted by Crippen LogP contribution is -2.66. The summed E-state index contributed by atoms with van der Waals surface area (Å²) in [7, 11) is 0. The fourth-order valence-electron chi connectivity index (χ4n) is 3.57. The summed E-state index contributed by atoms with van der Waals surface area (Å²) < 4.78 is 11.9. The van der Waals surface area contributed by atoms with Crippen molar-refractivity contribution in [1.29, 1.82) is 0 Å². The van der Waals surface area contributed by atoms with Crippen molar-refractivity contribution in [3.8, 4) is 0 Å². The van der Waals surface area contributed by atoms with Gasteiger partial charge in [-0.1, -0.05) is 0 Å². The van der Waals surface area contributed by atoms with Gasteiger partial charge >= 0.3 is 0 Å². The molecule has 132 valence electrons. The molecule has 25 heavy (non-hydrogen) atoms.